The molecular weight excluding hydrogens is 436 g/mol. The van der Waals surface area contributed by atoms with Crippen LogP contribution in [0.1, 0.15) is 53.4 Å². The Morgan fingerprint density at radius 1 is 1.12 bits per heavy atom. The molecule has 0 aromatic heterocycles. The van der Waals surface area contributed by atoms with Crippen molar-refractivity contribution < 1.29 is 29.1 Å². The van der Waals surface area contributed by atoms with Gasteiger partial charge in [-0.15, -0.1) is 0 Å². The smallest absolute Gasteiger partial charge is 0.326 e. The number of carbonyl (C=O) groups is 5. The minimum absolute atomic E-state index is 0.200. The van der Waals surface area contributed by atoms with Gasteiger partial charge in [0.2, 0.25) is 23.6 Å². The van der Waals surface area contributed by atoms with Crippen molar-refractivity contribution in [3.05, 3.63) is 0 Å². The zero-order valence-electron chi connectivity index (χ0n) is 19.5. The lowest BCUT2D eigenvalue weighted by Crippen LogP contribution is -2.58. The highest BCUT2D eigenvalue weighted by atomic mass is 32.2. The lowest BCUT2D eigenvalue weighted by atomic mass is 9.97. The van der Waals surface area contributed by atoms with Gasteiger partial charge in [-0.2, -0.15) is 11.8 Å². The van der Waals surface area contributed by atoms with E-state index in [9.17, 15) is 29.1 Å². The summed E-state index contributed by atoms with van der Waals surface area (Å²) in [6, 6.07) is -3.47. The number of nitrogens with zero attached hydrogens (tertiary/aromatic N) is 1. The van der Waals surface area contributed by atoms with E-state index in [-0.39, 0.29) is 24.2 Å². The molecule has 0 saturated carbocycles. The van der Waals surface area contributed by atoms with Gasteiger partial charge in [-0.3, -0.25) is 19.2 Å². The van der Waals surface area contributed by atoms with E-state index < -0.39 is 42.0 Å². The minimum atomic E-state index is -1.11. The number of thioether (sulfide) groups is 1. The average Bonchev–Trinajstić information content (AvgIpc) is 3.22. The van der Waals surface area contributed by atoms with Crippen LogP contribution >= 0.6 is 11.8 Å². The van der Waals surface area contributed by atoms with Crippen molar-refractivity contribution in [1.82, 2.24) is 20.9 Å². The van der Waals surface area contributed by atoms with Gasteiger partial charge in [0.05, 0.1) is 0 Å². The zero-order valence-corrected chi connectivity index (χ0v) is 20.3. The van der Waals surface area contributed by atoms with E-state index in [1.165, 1.54) is 30.5 Å². The Balaban J connectivity index is 2.96. The van der Waals surface area contributed by atoms with Crippen molar-refractivity contribution in [3.63, 3.8) is 0 Å². The Kier molecular flexibility index (Phi) is 11.5. The van der Waals surface area contributed by atoms with Gasteiger partial charge < -0.3 is 26.0 Å². The molecule has 1 aliphatic heterocycles. The number of carboxylic acids is 1. The van der Waals surface area contributed by atoms with Crippen LogP contribution in [0.4, 0.5) is 0 Å². The van der Waals surface area contributed by atoms with Gasteiger partial charge in [0.25, 0.3) is 0 Å². The Labute approximate surface area is 193 Å². The minimum Gasteiger partial charge on any atom is -0.480 e. The van der Waals surface area contributed by atoms with Crippen molar-refractivity contribution in [3.8, 4) is 0 Å². The first-order valence-corrected chi connectivity index (χ1v) is 12.3. The average molecular weight is 473 g/mol. The molecule has 10 nitrogen and oxygen atoms in total. The molecule has 0 aromatic rings. The number of hydrogen-bond donors (Lipinski definition) is 4. The second-order valence-corrected chi connectivity index (χ2v) is 9.15. The molecule has 0 aliphatic carbocycles. The number of hydrogen-bond acceptors (Lipinski definition) is 6. The summed E-state index contributed by atoms with van der Waals surface area (Å²) in [6.07, 6.45) is 3.79. The molecule has 0 radical (unpaired) electrons. The summed E-state index contributed by atoms with van der Waals surface area (Å²) in [5.74, 6) is -2.44. The van der Waals surface area contributed by atoms with Crippen molar-refractivity contribution in [1.29, 1.82) is 0 Å². The van der Waals surface area contributed by atoms with E-state index in [4.69, 9.17) is 0 Å². The number of nitrogens with one attached hydrogen (secondary N) is 3. The number of rotatable bonds is 12. The molecule has 4 amide bonds. The molecule has 11 heteroatoms. The van der Waals surface area contributed by atoms with Crippen LogP contribution in [-0.2, 0) is 24.0 Å². The number of likely N-dealkylation sites (tertiary alicyclic amines) is 1. The largest absolute Gasteiger partial charge is 0.480 e. The van der Waals surface area contributed by atoms with Crippen molar-refractivity contribution in [2.45, 2.75) is 77.5 Å². The highest BCUT2D eigenvalue weighted by Gasteiger charge is 2.40. The van der Waals surface area contributed by atoms with E-state index in [2.05, 4.69) is 16.0 Å². The predicted octanol–water partition coefficient (Wildman–Crippen LogP) is 0.355. The van der Waals surface area contributed by atoms with Crippen LogP contribution in [0.15, 0.2) is 0 Å². The van der Waals surface area contributed by atoms with E-state index in [1.807, 2.05) is 20.1 Å². The van der Waals surface area contributed by atoms with E-state index in [0.29, 0.717) is 31.6 Å². The fraction of sp³-hybridized carbons (Fsp3) is 0.762. The van der Waals surface area contributed by atoms with Gasteiger partial charge in [-0.1, -0.05) is 20.3 Å². The molecule has 1 rings (SSSR count). The molecular formula is C21H36N4O6S. The summed E-state index contributed by atoms with van der Waals surface area (Å²) in [4.78, 5) is 62.9. The maximum atomic E-state index is 13.4. The lowest BCUT2D eigenvalue weighted by molar-refractivity contribution is -0.145. The van der Waals surface area contributed by atoms with Crippen molar-refractivity contribution >= 4 is 41.4 Å². The highest BCUT2D eigenvalue weighted by molar-refractivity contribution is 7.98. The molecule has 1 saturated heterocycles. The van der Waals surface area contributed by atoms with Gasteiger partial charge >= 0.3 is 5.97 Å². The van der Waals surface area contributed by atoms with Crippen molar-refractivity contribution in [2.24, 2.45) is 5.92 Å². The molecule has 4 N–H and O–H groups in total. The van der Waals surface area contributed by atoms with Gasteiger partial charge in [-0.25, -0.2) is 4.79 Å². The molecule has 0 spiro atoms. The summed E-state index contributed by atoms with van der Waals surface area (Å²) < 4.78 is 0. The summed E-state index contributed by atoms with van der Waals surface area (Å²) in [7, 11) is 0. The monoisotopic (exact) mass is 472 g/mol. The SMILES string of the molecule is CC[C@@H](C)[C@@H](NC(=O)[C@@H](C)NC(C)=O)C(=O)N1CCC[C@H]1C(=O)N[C@@H](CCSC)C(=O)O. The molecule has 0 aromatic carbocycles. The van der Waals surface area contributed by atoms with E-state index in [1.54, 1.807) is 0 Å². The third-order valence-electron chi connectivity index (χ3n) is 5.65. The third kappa shape index (κ3) is 7.99. The van der Waals surface area contributed by atoms with Crippen LogP contribution in [0.3, 0.4) is 0 Å². The van der Waals surface area contributed by atoms with Crippen LogP contribution in [0.2, 0.25) is 0 Å². The standard InChI is InChI=1S/C21H36N4O6S/c1-6-12(2)17(24-18(27)13(3)22-14(4)26)20(29)25-10-7-8-16(25)19(28)23-15(21(30)31)9-11-32-5/h12-13,15-17H,6-11H2,1-5H3,(H,22,26)(H,23,28)(H,24,27)(H,30,31)/t12-,13-,15+,16+,17-/m1/s1. The first-order valence-electron chi connectivity index (χ1n) is 10.9. The summed E-state index contributed by atoms with van der Waals surface area (Å²) in [5.41, 5.74) is 0. The molecule has 0 unspecified atom stereocenters. The van der Waals surface area contributed by atoms with Gasteiger partial charge in [0.1, 0.15) is 24.2 Å². The van der Waals surface area contributed by atoms with Gasteiger partial charge in [0, 0.05) is 13.5 Å². The second-order valence-electron chi connectivity index (χ2n) is 8.16. The Hall–Kier alpha value is -2.30. The Morgan fingerprint density at radius 2 is 1.78 bits per heavy atom. The normalized spacial score (nSPS) is 19.4. The fourth-order valence-corrected chi connectivity index (χ4v) is 4.05. The van der Waals surface area contributed by atoms with Crippen molar-refractivity contribution in [2.75, 3.05) is 18.6 Å². The van der Waals surface area contributed by atoms with E-state index >= 15 is 0 Å². The Bertz CT molecular complexity index is 704. The summed E-state index contributed by atoms with van der Waals surface area (Å²) >= 11 is 1.49. The topological polar surface area (TPSA) is 145 Å². The van der Waals surface area contributed by atoms with Crippen LogP contribution in [0.25, 0.3) is 0 Å². The van der Waals surface area contributed by atoms with Crippen LogP contribution in [0.5, 0.6) is 0 Å². The number of carboxylic acid groups (broad SMARTS) is 1. The van der Waals surface area contributed by atoms with Gasteiger partial charge in [0.15, 0.2) is 0 Å². The maximum absolute atomic E-state index is 13.4. The third-order valence-corrected chi connectivity index (χ3v) is 6.30. The molecule has 1 heterocycles. The maximum Gasteiger partial charge on any atom is 0.326 e. The Morgan fingerprint density at radius 3 is 2.31 bits per heavy atom. The quantitative estimate of drug-likeness (QED) is 0.321. The number of amides is 4. The molecule has 32 heavy (non-hydrogen) atoms. The molecule has 1 fully saturated rings. The number of carbonyl (C=O) groups excluding carboxylic acids is 4. The van der Waals surface area contributed by atoms with E-state index in [0.717, 1.165) is 0 Å². The summed E-state index contributed by atoms with van der Waals surface area (Å²) in [6.45, 7) is 6.91. The zero-order chi connectivity index (χ0) is 24.4. The first kappa shape index (κ1) is 27.7. The van der Waals surface area contributed by atoms with Crippen LogP contribution in [0, 0.1) is 5.92 Å². The summed E-state index contributed by atoms with van der Waals surface area (Å²) in [5, 5.41) is 17.2. The highest BCUT2D eigenvalue weighted by Crippen LogP contribution is 2.22. The molecule has 182 valence electrons. The second kappa shape index (κ2) is 13.3. The predicted molar refractivity (Wildman–Crippen MR) is 122 cm³/mol. The first-order chi connectivity index (χ1) is 15.0. The van der Waals surface area contributed by atoms with Crippen LogP contribution in [-0.4, -0.2) is 82.3 Å². The molecule has 1 aliphatic rings. The number of aliphatic carboxylic acids is 1. The fourth-order valence-electron chi connectivity index (χ4n) is 3.57. The van der Waals surface area contributed by atoms with Crippen LogP contribution < -0.4 is 16.0 Å². The van der Waals surface area contributed by atoms with Gasteiger partial charge in [-0.05, 0) is 44.1 Å². The lowest BCUT2D eigenvalue weighted by Gasteiger charge is -2.32. The molecule has 0 bridgehead atoms. The molecule has 5 atom stereocenters.